The number of carbonyl (C=O) groups is 2. The largest absolute Gasteiger partial charge is 0.333 e. The predicted molar refractivity (Wildman–Crippen MR) is 115 cm³/mol. The molecule has 150 valence electrons. The molecule has 0 atom stereocenters. The van der Waals surface area contributed by atoms with E-state index in [0.29, 0.717) is 22.3 Å². The van der Waals surface area contributed by atoms with Crippen molar-refractivity contribution in [3.05, 3.63) is 76.5 Å². The second kappa shape index (κ2) is 9.58. The summed E-state index contributed by atoms with van der Waals surface area (Å²) in [6.07, 6.45) is 3.62. The number of aromatic nitrogens is 2. The zero-order valence-corrected chi connectivity index (χ0v) is 17.3. The fourth-order valence-electron chi connectivity index (χ4n) is 2.81. The number of nitrogens with zero attached hydrogens (tertiary/aromatic N) is 3. The van der Waals surface area contributed by atoms with Crippen LogP contribution in [0.15, 0.2) is 60.9 Å². The molecule has 0 saturated carbocycles. The summed E-state index contributed by atoms with van der Waals surface area (Å²) in [7, 11) is 0. The second-order valence-corrected chi connectivity index (χ2v) is 7.17. The minimum absolute atomic E-state index is 0.0935. The maximum absolute atomic E-state index is 12.7. The molecule has 0 aliphatic heterocycles. The maximum atomic E-state index is 12.7. The summed E-state index contributed by atoms with van der Waals surface area (Å²) in [5, 5.41) is 7.66. The molecule has 0 radical (unpaired) electrons. The standard InChI is InChI=1S/C21H20Cl2N4O2/c1-2-26(14-19(28)25-21-17(22)9-6-10-18(21)23)20(29)11-15-12-24-27(13-15)16-7-4-3-5-8-16/h3-10,12-13H,2,11,14H2,1H3,(H,25,28). The average molecular weight is 431 g/mol. The summed E-state index contributed by atoms with van der Waals surface area (Å²) < 4.78 is 1.71. The van der Waals surface area contributed by atoms with Crippen molar-refractivity contribution in [2.75, 3.05) is 18.4 Å². The summed E-state index contributed by atoms with van der Waals surface area (Å²) in [6, 6.07) is 14.6. The van der Waals surface area contributed by atoms with E-state index in [1.807, 2.05) is 43.5 Å². The van der Waals surface area contributed by atoms with Gasteiger partial charge in [0.05, 0.1) is 40.6 Å². The number of anilines is 1. The number of para-hydroxylation sites is 2. The van der Waals surface area contributed by atoms with Crippen LogP contribution >= 0.6 is 23.2 Å². The van der Waals surface area contributed by atoms with Crippen LogP contribution in [0.4, 0.5) is 5.69 Å². The first-order chi connectivity index (χ1) is 14.0. The average Bonchev–Trinajstić information content (AvgIpc) is 3.18. The fraction of sp³-hybridized carbons (Fsp3) is 0.190. The molecule has 1 aromatic heterocycles. The molecule has 2 aromatic carbocycles. The zero-order valence-electron chi connectivity index (χ0n) is 15.8. The monoisotopic (exact) mass is 430 g/mol. The second-order valence-electron chi connectivity index (χ2n) is 6.36. The third-order valence-electron chi connectivity index (χ3n) is 4.31. The van der Waals surface area contributed by atoms with Gasteiger partial charge >= 0.3 is 0 Å². The van der Waals surface area contributed by atoms with E-state index < -0.39 is 0 Å². The first-order valence-electron chi connectivity index (χ1n) is 9.08. The molecule has 8 heteroatoms. The van der Waals surface area contributed by atoms with Crippen LogP contribution in [-0.4, -0.2) is 39.6 Å². The van der Waals surface area contributed by atoms with Gasteiger partial charge in [0, 0.05) is 12.7 Å². The van der Waals surface area contributed by atoms with Crippen molar-refractivity contribution in [1.29, 1.82) is 0 Å². The van der Waals surface area contributed by atoms with Crippen LogP contribution in [0.25, 0.3) is 5.69 Å². The lowest BCUT2D eigenvalue weighted by atomic mass is 10.2. The SMILES string of the molecule is CCN(CC(=O)Nc1c(Cl)cccc1Cl)C(=O)Cc1cnn(-c2ccccc2)c1. The molecule has 3 aromatic rings. The molecular weight excluding hydrogens is 411 g/mol. The number of hydrogen-bond acceptors (Lipinski definition) is 3. The van der Waals surface area contributed by atoms with Gasteiger partial charge in [0.1, 0.15) is 0 Å². The quantitative estimate of drug-likeness (QED) is 0.610. The van der Waals surface area contributed by atoms with Gasteiger partial charge in [-0.3, -0.25) is 9.59 Å². The molecule has 1 N–H and O–H groups in total. The summed E-state index contributed by atoms with van der Waals surface area (Å²) in [6.45, 7) is 2.13. The Balaban J connectivity index is 1.62. The maximum Gasteiger partial charge on any atom is 0.244 e. The van der Waals surface area contributed by atoms with Gasteiger partial charge in [-0.1, -0.05) is 47.5 Å². The molecule has 0 unspecified atom stereocenters. The molecule has 0 saturated heterocycles. The molecular formula is C21H20Cl2N4O2. The third kappa shape index (κ3) is 5.37. The Labute approximate surface area is 179 Å². The van der Waals surface area contributed by atoms with E-state index in [2.05, 4.69) is 10.4 Å². The Kier molecular flexibility index (Phi) is 6.90. The topological polar surface area (TPSA) is 67.2 Å². The van der Waals surface area contributed by atoms with Crippen LogP contribution in [0.1, 0.15) is 12.5 Å². The van der Waals surface area contributed by atoms with Crippen LogP contribution in [-0.2, 0) is 16.0 Å². The van der Waals surface area contributed by atoms with Crippen molar-refractivity contribution in [1.82, 2.24) is 14.7 Å². The normalized spacial score (nSPS) is 10.6. The minimum Gasteiger partial charge on any atom is -0.333 e. The minimum atomic E-state index is -0.366. The van der Waals surface area contributed by atoms with Crippen LogP contribution in [0, 0.1) is 0 Å². The fourth-order valence-corrected chi connectivity index (χ4v) is 3.30. The highest BCUT2D eigenvalue weighted by Crippen LogP contribution is 2.29. The van der Waals surface area contributed by atoms with Crippen LogP contribution in [0.3, 0.4) is 0 Å². The van der Waals surface area contributed by atoms with Crippen molar-refractivity contribution in [2.24, 2.45) is 0 Å². The van der Waals surface area contributed by atoms with Gasteiger partial charge < -0.3 is 10.2 Å². The van der Waals surface area contributed by atoms with Crippen molar-refractivity contribution in [3.63, 3.8) is 0 Å². The Morgan fingerprint density at radius 2 is 1.76 bits per heavy atom. The van der Waals surface area contributed by atoms with Gasteiger partial charge in [-0.15, -0.1) is 0 Å². The molecule has 6 nitrogen and oxygen atoms in total. The Morgan fingerprint density at radius 3 is 2.41 bits per heavy atom. The van der Waals surface area contributed by atoms with E-state index in [9.17, 15) is 9.59 Å². The molecule has 3 rings (SSSR count). The molecule has 1 heterocycles. The molecule has 0 aliphatic carbocycles. The van der Waals surface area contributed by atoms with E-state index in [4.69, 9.17) is 23.2 Å². The lowest BCUT2D eigenvalue weighted by molar-refractivity contribution is -0.133. The van der Waals surface area contributed by atoms with Gasteiger partial charge in [-0.2, -0.15) is 5.10 Å². The van der Waals surface area contributed by atoms with Gasteiger partial charge in [0.2, 0.25) is 11.8 Å². The Hall–Kier alpha value is -2.83. The smallest absolute Gasteiger partial charge is 0.244 e. The van der Waals surface area contributed by atoms with Crippen molar-refractivity contribution < 1.29 is 9.59 Å². The van der Waals surface area contributed by atoms with Crippen molar-refractivity contribution in [2.45, 2.75) is 13.3 Å². The van der Waals surface area contributed by atoms with Crippen LogP contribution in [0.2, 0.25) is 10.0 Å². The number of benzene rings is 2. The number of halogens is 2. The number of likely N-dealkylation sites (N-methyl/N-ethyl adjacent to an activating group) is 1. The van der Waals surface area contributed by atoms with Gasteiger partial charge in [-0.25, -0.2) is 4.68 Å². The number of nitrogens with one attached hydrogen (secondary N) is 1. The number of rotatable bonds is 7. The molecule has 0 fully saturated rings. The van der Waals surface area contributed by atoms with E-state index in [1.54, 1.807) is 29.1 Å². The first-order valence-corrected chi connectivity index (χ1v) is 9.84. The zero-order chi connectivity index (χ0) is 20.8. The summed E-state index contributed by atoms with van der Waals surface area (Å²) in [4.78, 5) is 26.5. The highest BCUT2D eigenvalue weighted by molar-refractivity contribution is 6.39. The highest BCUT2D eigenvalue weighted by Gasteiger charge is 2.18. The predicted octanol–water partition coefficient (Wildman–Crippen LogP) is 4.21. The van der Waals surface area contributed by atoms with Gasteiger partial charge in [0.25, 0.3) is 0 Å². The van der Waals surface area contributed by atoms with E-state index in [1.165, 1.54) is 4.90 Å². The van der Waals surface area contributed by atoms with Gasteiger partial charge in [-0.05, 0) is 36.8 Å². The number of carbonyl (C=O) groups excluding carboxylic acids is 2. The molecule has 2 amide bonds. The Morgan fingerprint density at radius 1 is 1.07 bits per heavy atom. The molecule has 0 bridgehead atoms. The number of hydrogen-bond donors (Lipinski definition) is 1. The molecule has 0 spiro atoms. The van der Waals surface area contributed by atoms with Crippen LogP contribution < -0.4 is 5.32 Å². The van der Waals surface area contributed by atoms with Crippen molar-refractivity contribution in [3.8, 4) is 5.69 Å². The lowest BCUT2D eigenvalue weighted by Crippen LogP contribution is -2.38. The summed E-state index contributed by atoms with van der Waals surface area (Å²) in [5.74, 6) is -0.532. The van der Waals surface area contributed by atoms with Gasteiger partial charge in [0.15, 0.2) is 0 Å². The van der Waals surface area contributed by atoms with Crippen molar-refractivity contribution >= 4 is 40.7 Å². The Bertz CT molecular complexity index is 985. The lowest BCUT2D eigenvalue weighted by Gasteiger charge is -2.20. The third-order valence-corrected chi connectivity index (χ3v) is 4.94. The highest BCUT2D eigenvalue weighted by atomic mass is 35.5. The van der Waals surface area contributed by atoms with E-state index >= 15 is 0 Å². The summed E-state index contributed by atoms with van der Waals surface area (Å²) in [5.41, 5.74) is 2.02. The van der Waals surface area contributed by atoms with E-state index in [0.717, 1.165) is 11.3 Å². The van der Waals surface area contributed by atoms with Crippen LogP contribution in [0.5, 0.6) is 0 Å². The number of amides is 2. The molecule has 0 aliphatic rings. The molecule has 29 heavy (non-hydrogen) atoms. The van der Waals surface area contributed by atoms with E-state index in [-0.39, 0.29) is 24.8 Å². The first kappa shape index (κ1) is 20.9. The summed E-state index contributed by atoms with van der Waals surface area (Å²) >= 11 is 12.2.